The van der Waals surface area contributed by atoms with E-state index in [1.54, 1.807) is 11.9 Å². The zero-order valence-electron chi connectivity index (χ0n) is 11.8. The van der Waals surface area contributed by atoms with Gasteiger partial charge in [-0.15, -0.1) is 0 Å². The number of carboxylic acid groups (broad SMARTS) is 1. The minimum atomic E-state index is -1.17. The number of carboxylic acids is 1. The number of hydrogen-bond acceptors (Lipinski definition) is 4. The van der Waals surface area contributed by atoms with E-state index in [9.17, 15) is 9.59 Å². The molecule has 1 fully saturated rings. The smallest absolute Gasteiger partial charge is 0.354 e. The number of carbonyl (C=O) groups is 2. The molecule has 20 heavy (non-hydrogen) atoms. The van der Waals surface area contributed by atoms with Gasteiger partial charge in [-0.3, -0.25) is 4.79 Å². The first-order chi connectivity index (χ1) is 9.54. The molecule has 0 spiro atoms. The summed E-state index contributed by atoms with van der Waals surface area (Å²) in [5, 5.41) is 9.01. The van der Waals surface area contributed by atoms with Gasteiger partial charge in [0.25, 0.3) is 5.91 Å². The Hall–Kier alpha value is -1.89. The average molecular weight is 280 g/mol. The van der Waals surface area contributed by atoms with Gasteiger partial charge in [0.15, 0.2) is 11.4 Å². The molecule has 0 radical (unpaired) electrons. The number of piperidine rings is 1. The number of likely N-dealkylation sites (tertiary alicyclic amines) is 1. The Kier molecular flexibility index (Phi) is 4.39. The highest BCUT2D eigenvalue weighted by Gasteiger charge is 2.29. The second kappa shape index (κ2) is 6.04. The van der Waals surface area contributed by atoms with Gasteiger partial charge in [0.1, 0.15) is 0 Å². The molecule has 1 amide bonds. The fourth-order valence-corrected chi connectivity index (χ4v) is 2.58. The molecule has 0 saturated carbocycles. The van der Waals surface area contributed by atoms with E-state index in [2.05, 4.69) is 21.8 Å². The highest BCUT2D eigenvalue weighted by Crippen LogP contribution is 2.17. The number of rotatable bonds is 4. The van der Waals surface area contributed by atoms with Crippen molar-refractivity contribution in [2.24, 2.45) is 0 Å². The highest BCUT2D eigenvalue weighted by molar-refractivity contribution is 6.02. The SMILES string of the molecule is CCN1CCC(N(C)C(=O)c2nc[nH]c2C(=O)O)CC1. The van der Waals surface area contributed by atoms with Crippen molar-refractivity contribution in [1.82, 2.24) is 19.8 Å². The topological polar surface area (TPSA) is 89.5 Å². The summed E-state index contributed by atoms with van der Waals surface area (Å²) in [6.07, 6.45) is 3.05. The molecule has 0 atom stereocenters. The van der Waals surface area contributed by atoms with Gasteiger partial charge in [-0.25, -0.2) is 9.78 Å². The normalized spacial score (nSPS) is 17.1. The third-order valence-corrected chi connectivity index (χ3v) is 3.93. The first-order valence-electron chi connectivity index (χ1n) is 6.80. The summed E-state index contributed by atoms with van der Waals surface area (Å²) >= 11 is 0. The van der Waals surface area contributed by atoms with E-state index in [0.29, 0.717) is 0 Å². The van der Waals surface area contributed by atoms with Crippen molar-refractivity contribution in [2.45, 2.75) is 25.8 Å². The highest BCUT2D eigenvalue weighted by atomic mass is 16.4. The summed E-state index contributed by atoms with van der Waals surface area (Å²) in [7, 11) is 1.72. The fraction of sp³-hybridized carbons (Fsp3) is 0.615. The van der Waals surface area contributed by atoms with E-state index in [0.717, 1.165) is 32.5 Å². The lowest BCUT2D eigenvalue weighted by Gasteiger charge is -2.36. The standard InChI is InChI=1S/C13H20N4O3/c1-3-17-6-4-9(5-7-17)16(2)12(18)10-11(13(19)20)15-8-14-10/h8-9H,3-7H2,1-2H3,(H,14,15)(H,19,20). The largest absolute Gasteiger partial charge is 0.477 e. The van der Waals surface area contributed by atoms with Gasteiger partial charge in [0.05, 0.1) is 6.33 Å². The lowest BCUT2D eigenvalue weighted by atomic mass is 10.0. The summed E-state index contributed by atoms with van der Waals surface area (Å²) < 4.78 is 0. The number of H-pyrrole nitrogens is 1. The maximum Gasteiger partial charge on any atom is 0.354 e. The molecular formula is C13H20N4O3. The van der Waals surface area contributed by atoms with Crippen molar-refractivity contribution in [3.8, 4) is 0 Å². The molecule has 1 aliphatic heterocycles. The zero-order chi connectivity index (χ0) is 14.7. The number of hydrogen-bond donors (Lipinski definition) is 2. The minimum Gasteiger partial charge on any atom is -0.477 e. The zero-order valence-corrected chi connectivity index (χ0v) is 11.8. The predicted octanol–water partition coefficient (Wildman–Crippen LogP) is 0.664. The molecular weight excluding hydrogens is 260 g/mol. The van der Waals surface area contributed by atoms with Gasteiger partial charge in [0, 0.05) is 26.2 Å². The third-order valence-electron chi connectivity index (χ3n) is 3.93. The minimum absolute atomic E-state index is 0.0158. The third kappa shape index (κ3) is 2.82. The number of aromatic amines is 1. The van der Waals surface area contributed by atoms with Crippen LogP contribution in [0.1, 0.15) is 40.7 Å². The Morgan fingerprint density at radius 1 is 1.50 bits per heavy atom. The maximum atomic E-state index is 12.3. The summed E-state index contributed by atoms with van der Waals surface area (Å²) in [5.41, 5.74) is -0.161. The monoisotopic (exact) mass is 280 g/mol. The summed E-state index contributed by atoms with van der Waals surface area (Å²) in [5.74, 6) is -1.50. The van der Waals surface area contributed by atoms with Crippen LogP contribution in [0.2, 0.25) is 0 Å². The lowest BCUT2D eigenvalue weighted by Crippen LogP contribution is -2.45. The van der Waals surface area contributed by atoms with E-state index < -0.39 is 5.97 Å². The molecule has 1 aromatic rings. The van der Waals surface area contributed by atoms with Crippen LogP contribution in [0.3, 0.4) is 0 Å². The van der Waals surface area contributed by atoms with Crippen LogP contribution in [0.5, 0.6) is 0 Å². The summed E-state index contributed by atoms with van der Waals surface area (Å²) in [6, 6.07) is 0.142. The number of nitrogens with one attached hydrogen (secondary N) is 1. The van der Waals surface area contributed by atoms with Crippen molar-refractivity contribution in [3.63, 3.8) is 0 Å². The number of amides is 1. The second-order valence-corrected chi connectivity index (χ2v) is 5.01. The maximum absolute atomic E-state index is 12.3. The molecule has 7 nitrogen and oxygen atoms in total. The van der Waals surface area contributed by atoms with E-state index in [1.165, 1.54) is 6.33 Å². The molecule has 1 aliphatic rings. The predicted molar refractivity (Wildman–Crippen MR) is 72.8 cm³/mol. The lowest BCUT2D eigenvalue weighted by molar-refractivity contribution is 0.0617. The van der Waals surface area contributed by atoms with Crippen molar-refractivity contribution in [2.75, 3.05) is 26.7 Å². The Labute approximate surface area is 117 Å². The van der Waals surface area contributed by atoms with Gasteiger partial charge in [0.2, 0.25) is 0 Å². The number of aromatic nitrogens is 2. The van der Waals surface area contributed by atoms with Crippen LogP contribution in [0.25, 0.3) is 0 Å². The number of nitrogens with zero attached hydrogens (tertiary/aromatic N) is 3. The van der Waals surface area contributed by atoms with Gasteiger partial charge in [-0.05, 0) is 19.4 Å². The van der Waals surface area contributed by atoms with Crippen molar-refractivity contribution in [3.05, 3.63) is 17.7 Å². The molecule has 1 saturated heterocycles. The quantitative estimate of drug-likeness (QED) is 0.846. The van der Waals surface area contributed by atoms with Gasteiger partial charge in [-0.2, -0.15) is 0 Å². The number of aromatic carboxylic acids is 1. The fourth-order valence-electron chi connectivity index (χ4n) is 2.58. The Balaban J connectivity index is 2.05. The first kappa shape index (κ1) is 14.5. The number of carbonyl (C=O) groups excluding carboxylic acids is 1. The molecule has 110 valence electrons. The van der Waals surface area contributed by atoms with E-state index >= 15 is 0 Å². The molecule has 1 aromatic heterocycles. The van der Waals surface area contributed by atoms with Crippen LogP contribution in [0.4, 0.5) is 0 Å². The number of imidazole rings is 1. The van der Waals surface area contributed by atoms with Crippen LogP contribution < -0.4 is 0 Å². The van der Waals surface area contributed by atoms with Crippen molar-refractivity contribution in [1.29, 1.82) is 0 Å². The van der Waals surface area contributed by atoms with E-state index in [1.807, 2.05) is 0 Å². The Morgan fingerprint density at radius 2 is 2.15 bits per heavy atom. The summed E-state index contributed by atoms with van der Waals surface area (Å²) in [6.45, 7) is 5.07. The van der Waals surface area contributed by atoms with Gasteiger partial charge < -0.3 is 19.9 Å². The molecule has 2 rings (SSSR count). The average Bonchev–Trinajstić information content (AvgIpc) is 2.95. The molecule has 2 N–H and O–H groups in total. The molecule has 0 aliphatic carbocycles. The Bertz CT molecular complexity index is 492. The van der Waals surface area contributed by atoms with E-state index in [-0.39, 0.29) is 23.3 Å². The van der Waals surface area contributed by atoms with Crippen molar-refractivity contribution < 1.29 is 14.7 Å². The van der Waals surface area contributed by atoms with Gasteiger partial charge >= 0.3 is 5.97 Å². The van der Waals surface area contributed by atoms with Crippen LogP contribution >= 0.6 is 0 Å². The van der Waals surface area contributed by atoms with Gasteiger partial charge in [-0.1, -0.05) is 6.92 Å². The molecule has 2 heterocycles. The first-order valence-corrected chi connectivity index (χ1v) is 6.80. The van der Waals surface area contributed by atoms with E-state index in [4.69, 9.17) is 5.11 Å². The van der Waals surface area contributed by atoms with Crippen LogP contribution in [-0.4, -0.2) is 69.5 Å². The van der Waals surface area contributed by atoms with Crippen LogP contribution in [0, 0.1) is 0 Å². The Morgan fingerprint density at radius 3 is 2.70 bits per heavy atom. The van der Waals surface area contributed by atoms with Crippen LogP contribution in [0.15, 0.2) is 6.33 Å². The van der Waals surface area contributed by atoms with Crippen molar-refractivity contribution >= 4 is 11.9 Å². The molecule has 0 unspecified atom stereocenters. The van der Waals surface area contributed by atoms with Crippen LogP contribution in [-0.2, 0) is 0 Å². The summed E-state index contributed by atoms with van der Waals surface area (Å²) in [4.78, 5) is 33.7. The molecule has 0 aromatic carbocycles. The molecule has 7 heteroatoms. The molecule has 0 bridgehead atoms. The second-order valence-electron chi connectivity index (χ2n) is 5.01.